The van der Waals surface area contributed by atoms with Gasteiger partial charge >= 0.3 is 6.09 Å². The lowest BCUT2D eigenvalue weighted by Crippen LogP contribution is -2.50. The smallest absolute Gasteiger partial charge is 0.415 e. The van der Waals surface area contributed by atoms with E-state index in [2.05, 4.69) is 4.90 Å². The van der Waals surface area contributed by atoms with E-state index >= 15 is 0 Å². The Morgan fingerprint density at radius 2 is 1.55 bits per heavy atom. The van der Waals surface area contributed by atoms with Crippen LogP contribution in [0.2, 0.25) is 0 Å². The van der Waals surface area contributed by atoms with Crippen molar-refractivity contribution in [1.29, 1.82) is 0 Å². The Kier molecular flexibility index (Phi) is 6.03. The number of likely N-dealkylation sites (tertiary alicyclic amines) is 2. The van der Waals surface area contributed by atoms with Gasteiger partial charge in [0, 0.05) is 37.7 Å². The van der Waals surface area contributed by atoms with Gasteiger partial charge in [-0.1, -0.05) is 6.42 Å². The van der Waals surface area contributed by atoms with E-state index in [9.17, 15) is 9.59 Å². The Morgan fingerprint density at radius 3 is 2.23 bits per heavy atom. The van der Waals surface area contributed by atoms with Crippen molar-refractivity contribution < 1.29 is 19.1 Å². The summed E-state index contributed by atoms with van der Waals surface area (Å²) in [5.74, 6) is 0.807. The average Bonchev–Trinajstić information content (AvgIpc) is 3.18. The molecule has 7 nitrogen and oxygen atoms in total. The van der Waals surface area contributed by atoms with Crippen molar-refractivity contribution in [3.63, 3.8) is 0 Å². The fourth-order valence-electron chi connectivity index (χ4n) is 5.31. The normalized spacial score (nSPS) is 29.4. The van der Waals surface area contributed by atoms with Gasteiger partial charge in [-0.3, -0.25) is 9.69 Å². The summed E-state index contributed by atoms with van der Waals surface area (Å²) in [5, 5.41) is 0. The summed E-state index contributed by atoms with van der Waals surface area (Å²) < 4.78 is 11.4. The number of anilines is 1. The lowest BCUT2D eigenvalue weighted by atomic mass is 9.86. The molecule has 0 radical (unpaired) electrons. The number of ether oxygens (including phenoxy) is 2. The highest BCUT2D eigenvalue weighted by Gasteiger charge is 2.41. The number of carbonyl (C=O) groups excluding carboxylic acids is 2. The molecular weight excluding hydrogens is 394 g/mol. The Balaban J connectivity index is 1.18. The molecule has 0 N–H and O–H groups in total. The monoisotopic (exact) mass is 427 g/mol. The van der Waals surface area contributed by atoms with Crippen LogP contribution < -0.4 is 9.64 Å². The highest BCUT2D eigenvalue weighted by atomic mass is 16.6. The molecule has 2 amide bonds. The summed E-state index contributed by atoms with van der Waals surface area (Å²) in [6, 6.07) is 7.62. The van der Waals surface area contributed by atoms with Gasteiger partial charge in [-0.2, -0.15) is 0 Å². The molecule has 0 aromatic heterocycles. The molecule has 1 atom stereocenters. The molecule has 0 bridgehead atoms. The van der Waals surface area contributed by atoms with E-state index in [1.165, 1.54) is 37.3 Å². The molecule has 4 aliphatic rings. The molecule has 5 rings (SSSR count). The molecule has 1 aliphatic carbocycles. The van der Waals surface area contributed by atoms with Gasteiger partial charge in [0.2, 0.25) is 5.91 Å². The number of amides is 2. The Hall–Kier alpha value is -2.28. The molecule has 4 fully saturated rings. The first kappa shape index (κ1) is 20.6. The maximum atomic E-state index is 13.0. The Labute approximate surface area is 184 Å². The van der Waals surface area contributed by atoms with Crippen LogP contribution in [-0.2, 0) is 9.53 Å². The van der Waals surface area contributed by atoms with Crippen molar-refractivity contribution in [3.8, 4) is 5.75 Å². The number of carbonyl (C=O) groups is 2. The Bertz CT molecular complexity index is 781. The molecule has 1 aromatic rings. The number of benzene rings is 1. The fourth-order valence-corrected chi connectivity index (χ4v) is 5.31. The van der Waals surface area contributed by atoms with E-state index in [0.717, 1.165) is 50.9 Å². The first-order chi connectivity index (χ1) is 15.2. The number of hydrogen-bond acceptors (Lipinski definition) is 5. The summed E-state index contributed by atoms with van der Waals surface area (Å²) in [4.78, 5) is 31.3. The van der Waals surface area contributed by atoms with Gasteiger partial charge in [0.25, 0.3) is 0 Å². The van der Waals surface area contributed by atoms with Gasteiger partial charge in [0.15, 0.2) is 6.04 Å². The fraction of sp³-hybridized carbons (Fsp3) is 0.667. The summed E-state index contributed by atoms with van der Waals surface area (Å²) in [6.07, 6.45) is 9.22. The molecule has 1 saturated carbocycles. The van der Waals surface area contributed by atoms with E-state index in [1.807, 2.05) is 29.2 Å². The predicted molar refractivity (Wildman–Crippen MR) is 117 cm³/mol. The van der Waals surface area contributed by atoms with Crippen molar-refractivity contribution >= 4 is 17.7 Å². The van der Waals surface area contributed by atoms with Crippen LogP contribution in [0.4, 0.5) is 10.5 Å². The molecule has 31 heavy (non-hydrogen) atoms. The van der Waals surface area contributed by atoms with Crippen molar-refractivity contribution in [2.24, 2.45) is 0 Å². The second kappa shape index (κ2) is 9.07. The standard InChI is InChI=1S/C24H33N3O4/c28-23(26-13-5-2-6-14-26)22-17-30-24(29)27(22)18-7-9-20(10-8-18)31-21-15-19(16-21)25-11-3-1-4-12-25/h7-10,19,21-22H,1-6,11-17H2/t19-,21-,22-/m0/s1. The van der Waals surface area contributed by atoms with Crippen molar-refractivity contribution in [1.82, 2.24) is 9.80 Å². The van der Waals surface area contributed by atoms with Crippen molar-refractivity contribution in [3.05, 3.63) is 24.3 Å². The first-order valence-corrected chi connectivity index (χ1v) is 11.9. The number of piperidine rings is 2. The van der Waals surface area contributed by atoms with Crippen LogP contribution in [0, 0.1) is 0 Å². The molecule has 1 aromatic carbocycles. The summed E-state index contributed by atoms with van der Waals surface area (Å²) in [5.41, 5.74) is 0.685. The third kappa shape index (κ3) is 4.38. The molecule has 3 aliphatic heterocycles. The third-order valence-corrected chi connectivity index (χ3v) is 7.22. The number of cyclic esters (lactones) is 1. The van der Waals surface area contributed by atoms with Crippen LogP contribution in [-0.4, -0.2) is 72.8 Å². The first-order valence-electron chi connectivity index (χ1n) is 11.9. The van der Waals surface area contributed by atoms with E-state index < -0.39 is 12.1 Å². The molecule has 0 spiro atoms. The largest absolute Gasteiger partial charge is 0.490 e. The zero-order valence-corrected chi connectivity index (χ0v) is 18.2. The molecule has 3 heterocycles. The third-order valence-electron chi connectivity index (χ3n) is 7.22. The summed E-state index contributed by atoms with van der Waals surface area (Å²) >= 11 is 0. The van der Waals surface area contributed by atoms with Crippen LogP contribution >= 0.6 is 0 Å². The van der Waals surface area contributed by atoms with Gasteiger partial charge in [-0.25, -0.2) is 4.79 Å². The quantitative estimate of drug-likeness (QED) is 0.721. The minimum atomic E-state index is -0.575. The molecule has 0 unspecified atom stereocenters. The molecule has 168 valence electrons. The van der Waals surface area contributed by atoms with Crippen LogP contribution in [0.5, 0.6) is 5.75 Å². The zero-order valence-electron chi connectivity index (χ0n) is 18.2. The maximum absolute atomic E-state index is 13.0. The van der Waals surface area contributed by atoms with Crippen LogP contribution in [0.15, 0.2) is 24.3 Å². The van der Waals surface area contributed by atoms with E-state index in [-0.39, 0.29) is 18.6 Å². The maximum Gasteiger partial charge on any atom is 0.415 e. The lowest BCUT2D eigenvalue weighted by molar-refractivity contribution is -0.133. The Morgan fingerprint density at radius 1 is 0.903 bits per heavy atom. The predicted octanol–water partition coefficient (Wildman–Crippen LogP) is 3.42. The highest BCUT2D eigenvalue weighted by molar-refractivity contribution is 6.00. The topological polar surface area (TPSA) is 62.3 Å². The van der Waals surface area contributed by atoms with Crippen LogP contribution in [0.1, 0.15) is 51.4 Å². The minimum Gasteiger partial charge on any atom is -0.490 e. The average molecular weight is 428 g/mol. The molecular formula is C24H33N3O4. The van der Waals surface area contributed by atoms with Crippen LogP contribution in [0.3, 0.4) is 0 Å². The zero-order chi connectivity index (χ0) is 21.2. The van der Waals surface area contributed by atoms with Gasteiger partial charge in [-0.15, -0.1) is 0 Å². The van der Waals surface area contributed by atoms with Gasteiger partial charge < -0.3 is 19.3 Å². The van der Waals surface area contributed by atoms with Crippen molar-refractivity contribution in [2.75, 3.05) is 37.7 Å². The number of hydrogen-bond donors (Lipinski definition) is 0. The lowest BCUT2D eigenvalue weighted by Gasteiger charge is -2.44. The summed E-state index contributed by atoms with van der Waals surface area (Å²) in [7, 11) is 0. The van der Waals surface area contributed by atoms with Gasteiger partial charge in [-0.05, 0) is 69.5 Å². The van der Waals surface area contributed by atoms with Gasteiger partial charge in [0.1, 0.15) is 18.5 Å². The van der Waals surface area contributed by atoms with E-state index in [4.69, 9.17) is 9.47 Å². The van der Waals surface area contributed by atoms with Crippen LogP contribution in [0.25, 0.3) is 0 Å². The number of rotatable bonds is 5. The SMILES string of the molecule is O=C([C@@H]1COC(=O)N1c1ccc(O[C@H]2C[C@H](N3CCCCC3)C2)cc1)N1CCCCC1. The number of nitrogens with zero attached hydrogens (tertiary/aromatic N) is 3. The molecule has 3 saturated heterocycles. The second-order valence-corrected chi connectivity index (χ2v) is 9.30. The minimum absolute atomic E-state index is 0.0101. The van der Waals surface area contributed by atoms with E-state index in [0.29, 0.717) is 11.7 Å². The summed E-state index contributed by atoms with van der Waals surface area (Å²) in [6.45, 7) is 4.12. The van der Waals surface area contributed by atoms with E-state index in [1.54, 1.807) is 0 Å². The highest BCUT2D eigenvalue weighted by Crippen LogP contribution is 2.33. The second-order valence-electron chi connectivity index (χ2n) is 9.30. The molecule has 7 heteroatoms. The van der Waals surface area contributed by atoms with Gasteiger partial charge in [0.05, 0.1) is 0 Å². The van der Waals surface area contributed by atoms with Crippen molar-refractivity contribution in [2.45, 2.75) is 69.6 Å².